The lowest BCUT2D eigenvalue weighted by Crippen LogP contribution is -2.39. The van der Waals surface area contributed by atoms with Crippen LogP contribution < -0.4 is 10.2 Å². The first kappa shape index (κ1) is 23.2. The van der Waals surface area contributed by atoms with Crippen LogP contribution in [0.5, 0.6) is 0 Å². The molecule has 0 atom stereocenters. The Morgan fingerprint density at radius 2 is 1.90 bits per heavy atom. The van der Waals surface area contributed by atoms with Crippen molar-refractivity contribution in [3.05, 3.63) is 22.2 Å². The van der Waals surface area contributed by atoms with Gasteiger partial charge in [-0.3, -0.25) is 9.59 Å². The first-order valence-electron chi connectivity index (χ1n) is 10.5. The lowest BCUT2D eigenvalue weighted by Gasteiger charge is -2.30. The molecule has 0 radical (unpaired) electrons. The molecule has 2 heterocycles. The minimum absolute atomic E-state index is 0.0965. The maximum atomic E-state index is 13.0. The van der Waals surface area contributed by atoms with E-state index in [0.717, 1.165) is 31.1 Å². The standard InChI is InChI=1S/C21H30BrN3O4S/c1-15-3-8-24(9-4-15)11-7-23-20(27)6-12-30(28,29)19-14-18(22)13-17-5-10-25(16(2)26)21(17)19/h13-15H,3-12H2,1-2H3,(H,23,27). The van der Waals surface area contributed by atoms with Crippen molar-refractivity contribution in [1.29, 1.82) is 0 Å². The van der Waals surface area contributed by atoms with Crippen LogP contribution >= 0.6 is 15.9 Å². The number of carbonyl (C=O) groups is 2. The number of sulfone groups is 1. The normalized spacial score (nSPS) is 17.8. The molecule has 0 spiro atoms. The van der Waals surface area contributed by atoms with Crippen LogP contribution in [0, 0.1) is 5.92 Å². The third kappa shape index (κ3) is 5.62. The fourth-order valence-corrected chi connectivity index (χ4v) is 6.26. The Kier molecular flexibility index (Phi) is 7.57. The fraction of sp³-hybridized carbons (Fsp3) is 0.619. The molecular weight excluding hydrogens is 470 g/mol. The topological polar surface area (TPSA) is 86.8 Å². The number of amides is 2. The molecule has 1 aromatic rings. The summed E-state index contributed by atoms with van der Waals surface area (Å²) in [5.74, 6) is 0.0326. The van der Waals surface area contributed by atoms with Crippen molar-refractivity contribution >= 4 is 43.3 Å². The van der Waals surface area contributed by atoms with Crippen LogP contribution in [0.2, 0.25) is 0 Å². The number of nitrogens with one attached hydrogen (secondary N) is 1. The van der Waals surface area contributed by atoms with Crippen LogP contribution in [0.1, 0.15) is 38.7 Å². The van der Waals surface area contributed by atoms with E-state index in [4.69, 9.17) is 0 Å². The fourth-order valence-electron chi connectivity index (χ4n) is 4.09. The molecule has 2 aliphatic heterocycles. The van der Waals surface area contributed by atoms with Gasteiger partial charge in [0, 0.05) is 37.5 Å². The molecule has 9 heteroatoms. The number of benzene rings is 1. The van der Waals surface area contributed by atoms with E-state index in [-0.39, 0.29) is 28.9 Å². The van der Waals surface area contributed by atoms with Gasteiger partial charge in [-0.1, -0.05) is 22.9 Å². The number of anilines is 1. The Bertz CT molecular complexity index is 911. The maximum Gasteiger partial charge on any atom is 0.223 e. The number of halogens is 1. The Balaban J connectivity index is 1.58. The zero-order chi connectivity index (χ0) is 21.9. The molecule has 7 nitrogen and oxygen atoms in total. The summed E-state index contributed by atoms with van der Waals surface area (Å²) in [5, 5.41) is 2.84. The van der Waals surface area contributed by atoms with Crippen molar-refractivity contribution < 1.29 is 18.0 Å². The van der Waals surface area contributed by atoms with Gasteiger partial charge in [0.2, 0.25) is 11.8 Å². The minimum Gasteiger partial charge on any atom is -0.355 e. The summed E-state index contributed by atoms with van der Waals surface area (Å²) < 4.78 is 26.7. The number of hydrogen-bond acceptors (Lipinski definition) is 5. The monoisotopic (exact) mass is 499 g/mol. The summed E-state index contributed by atoms with van der Waals surface area (Å²) in [6, 6.07) is 3.38. The third-order valence-corrected chi connectivity index (χ3v) is 8.11. The van der Waals surface area contributed by atoms with Gasteiger partial charge in [0.1, 0.15) is 0 Å². The lowest BCUT2D eigenvalue weighted by molar-refractivity contribution is -0.120. The van der Waals surface area contributed by atoms with Gasteiger partial charge in [0.15, 0.2) is 9.84 Å². The van der Waals surface area contributed by atoms with Crippen molar-refractivity contribution in [1.82, 2.24) is 10.2 Å². The van der Waals surface area contributed by atoms with Crippen LogP contribution in [0.4, 0.5) is 5.69 Å². The molecule has 1 saturated heterocycles. The van der Waals surface area contributed by atoms with E-state index in [0.29, 0.717) is 29.7 Å². The molecule has 3 rings (SSSR count). The van der Waals surface area contributed by atoms with Crippen molar-refractivity contribution in [3.8, 4) is 0 Å². The molecule has 0 saturated carbocycles. The number of piperidine rings is 1. The molecule has 2 aliphatic rings. The summed E-state index contributed by atoms with van der Waals surface area (Å²) >= 11 is 3.37. The maximum absolute atomic E-state index is 13.0. The molecule has 1 aromatic carbocycles. The van der Waals surface area contributed by atoms with Gasteiger partial charge in [-0.15, -0.1) is 0 Å². The van der Waals surface area contributed by atoms with Gasteiger partial charge >= 0.3 is 0 Å². The number of fused-ring (bicyclic) bond motifs is 1. The van der Waals surface area contributed by atoms with E-state index in [9.17, 15) is 18.0 Å². The molecule has 0 bridgehead atoms. The zero-order valence-electron chi connectivity index (χ0n) is 17.6. The molecule has 0 unspecified atom stereocenters. The van der Waals surface area contributed by atoms with Gasteiger partial charge in [-0.05, 0) is 56.0 Å². The van der Waals surface area contributed by atoms with Crippen LogP contribution in [0.25, 0.3) is 0 Å². The molecular formula is C21H30BrN3O4S. The number of carbonyl (C=O) groups excluding carboxylic acids is 2. The second-order valence-corrected chi connectivity index (χ2v) is 11.3. The summed E-state index contributed by atoms with van der Waals surface area (Å²) in [6.07, 6.45) is 2.88. The molecule has 30 heavy (non-hydrogen) atoms. The Labute approximate surface area is 187 Å². The van der Waals surface area contributed by atoms with Gasteiger partial charge in [0.25, 0.3) is 0 Å². The Hall–Kier alpha value is -1.45. The van der Waals surface area contributed by atoms with Gasteiger partial charge < -0.3 is 15.1 Å². The highest BCUT2D eigenvalue weighted by molar-refractivity contribution is 9.10. The number of rotatable bonds is 7. The highest BCUT2D eigenvalue weighted by atomic mass is 79.9. The van der Waals surface area contributed by atoms with Crippen LogP contribution in [-0.2, 0) is 25.8 Å². The van der Waals surface area contributed by atoms with Gasteiger partial charge in [0.05, 0.1) is 16.3 Å². The lowest BCUT2D eigenvalue weighted by atomic mass is 9.99. The summed E-state index contributed by atoms with van der Waals surface area (Å²) in [4.78, 5) is 28.1. The SMILES string of the molecule is CC(=O)N1CCc2cc(Br)cc(S(=O)(=O)CCC(=O)NCCN3CCC(C)CC3)c21. The molecule has 0 aromatic heterocycles. The second kappa shape index (κ2) is 9.78. The van der Waals surface area contributed by atoms with E-state index in [1.54, 1.807) is 0 Å². The van der Waals surface area contributed by atoms with Crippen molar-refractivity contribution in [2.75, 3.05) is 43.4 Å². The van der Waals surface area contributed by atoms with E-state index in [1.165, 1.54) is 30.7 Å². The average Bonchev–Trinajstić information content (AvgIpc) is 3.11. The summed E-state index contributed by atoms with van der Waals surface area (Å²) in [5.41, 5.74) is 1.30. The number of hydrogen-bond donors (Lipinski definition) is 1. The van der Waals surface area contributed by atoms with Gasteiger partial charge in [-0.2, -0.15) is 0 Å². The highest BCUT2D eigenvalue weighted by Gasteiger charge is 2.31. The molecule has 166 valence electrons. The highest BCUT2D eigenvalue weighted by Crippen LogP contribution is 2.38. The minimum atomic E-state index is -3.72. The van der Waals surface area contributed by atoms with Gasteiger partial charge in [-0.25, -0.2) is 8.42 Å². The predicted molar refractivity (Wildman–Crippen MR) is 120 cm³/mol. The third-order valence-electron chi connectivity index (χ3n) is 5.93. The van der Waals surface area contributed by atoms with Crippen LogP contribution in [0.15, 0.2) is 21.5 Å². The summed E-state index contributed by atoms with van der Waals surface area (Å²) in [6.45, 7) is 7.58. The quantitative estimate of drug-likeness (QED) is 0.622. The Morgan fingerprint density at radius 1 is 1.20 bits per heavy atom. The van der Waals surface area contributed by atoms with Crippen molar-refractivity contribution in [2.24, 2.45) is 5.92 Å². The first-order valence-corrected chi connectivity index (χ1v) is 12.9. The smallest absolute Gasteiger partial charge is 0.223 e. The molecule has 0 aliphatic carbocycles. The van der Waals surface area contributed by atoms with Crippen LogP contribution in [-0.4, -0.2) is 63.6 Å². The zero-order valence-corrected chi connectivity index (χ0v) is 20.0. The first-order chi connectivity index (χ1) is 14.2. The number of likely N-dealkylation sites (tertiary alicyclic amines) is 1. The largest absolute Gasteiger partial charge is 0.355 e. The average molecular weight is 500 g/mol. The molecule has 1 fully saturated rings. The molecule has 1 N–H and O–H groups in total. The van der Waals surface area contributed by atoms with Crippen molar-refractivity contribution in [3.63, 3.8) is 0 Å². The van der Waals surface area contributed by atoms with E-state index in [1.807, 2.05) is 6.07 Å². The van der Waals surface area contributed by atoms with Crippen molar-refractivity contribution in [2.45, 2.75) is 44.4 Å². The Morgan fingerprint density at radius 3 is 2.57 bits per heavy atom. The molecule has 2 amide bonds. The predicted octanol–water partition coefficient (Wildman–Crippen LogP) is 2.37. The number of nitrogens with zero attached hydrogens (tertiary/aromatic N) is 2. The van der Waals surface area contributed by atoms with Crippen LogP contribution in [0.3, 0.4) is 0 Å². The van der Waals surface area contributed by atoms with E-state index < -0.39 is 9.84 Å². The second-order valence-electron chi connectivity index (χ2n) is 8.28. The summed E-state index contributed by atoms with van der Waals surface area (Å²) in [7, 11) is -3.72. The van der Waals surface area contributed by atoms with E-state index in [2.05, 4.69) is 33.1 Å². The van der Waals surface area contributed by atoms with E-state index >= 15 is 0 Å².